The van der Waals surface area contributed by atoms with Gasteiger partial charge in [-0.25, -0.2) is 9.97 Å². The van der Waals surface area contributed by atoms with Gasteiger partial charge < -0.3 is 0 Å². The average molecular weight is 580 g/mol. The highest BCUT2D eigenvalue weighted by atomic mass is 32.1. The van der Waals surface area contributed by atoms with Crippen molar-refractivity contribution >= 4 is 83.4 Å². The minimum Gasteiger partial charge on any atom is -0.291 e. The summed E-state index contributed by atoms with van der Waals surface area (Å²) >= 11 is 1.64. The van der Waals surface area contributed by atoms with Crippen LogP contribution in [0.5, 0.6) is 0 Å². The van der Waals surface area contributed by atoms with Crippen LogP contribution in [0.2, 0.25) is 0 Å². The monoisotopic (exact) mass is 579 g/mol. The summed E-state index contributed by atoms with van der Waals surface area (Å²) in [6.07, 6.45) is 3.63. The Bertz CT molecular complexity index is 2610. The number of fused-ring (bicyclic) bond motifs is 13. The van der Waals surface area contributed by atoms with E-state index in [2.05, 4.69) is 133 Å². The van der Waals surface area contributed by atoms with E-state index in [9.17, 15) is 0 Å². The van der Waals surface area contributed by atoms with Gasteiger partial charge in [-0.2, -0.15) is 0 Å². The SMILES string of the molecule is C=Cc1nc(-c2ccc(-c3ccc4c5ccccc5n5c(nc6c7ccccc7c7ccccc7c65)c4c3)cc2)sc1C=C. The summed E-state index contributed by atoms with van der Waals surface area (Å²) in [6, 6.07) is 41.5. The Morgan fingerprint density at radius 1 is 0.545 bits per heavy atom. The van der Waals surface area contributed by atoms with Crippen LogP contribution < -0.4 is 0 Å². The maximum absolute atomic E-state index is 5.43. The molecule has 9 rings (SSSR count). The second-order valence-electron chi connectivity index (χ2n) is 11.1. The molecule has 6 aromatic carbocycles. The van der Waals surface area contributed by atoms with Crippen molar-refractivity contribution in [3.63, 3.8) is 0 Å². The van der Waals surface area contributed by atoms with Gasteiger partial charge in [0.25, 0.3) is 0 Å². The van der Waals surface area contributed by atoms with Crippen molar-refractivity contribution in [2.75, 3.05) is 0 Å². The molecule has 3 nitrogen and oxygen atoms in total. The van der Waals surface area contributed by atoms with Crippen molar-refractivity contribution in [1.82, 2.24) is 14.4 Å². The quantitative estimate of drug-likeness (QED) is 0.194. The molecule has 3 aromatic heterocycles. The Morgan fingerprint density at radius 2 is 1.16 bits per heavy atom. The van der Waals surface area contributed by atoms with Crippen LogP contribution in [0, 0.1) is 0 Å². The molecule has 0 fully saturated rings. The van der Waals surface area contributed by atoms with Crippen LogP contribution in [0.25, 0.3) is 93.8 Å². The molecule has 0 aliphatic rings. The third kappa shape index (κ3) is 3.49. The molecule has 4 heteroatoms. The summed E-state index contributed by atoms with van der Waals surface area (Å²) in [5, 5.41) is 9.39. The van der Waals surface area contributed by atoms with E-state index in [-0.39, 0.29) is 0 Å². The van der Waals surface area contributed by atoms with Crippen LogP contribution in [0.4, 0.5) is 0 Å². The fraction of sp³-hybridized carbons (Fsp3) is 0. The van der Waals surface area contributed by atoms with Crippen molar-refractivity contribution in [3.05, 3.63) is 139 Å². The highest BCUT2D eigenvalue weighted by Gasteiger charge is 2.19. The predicted octanol–water partition coefficient (Wildman–Crippen LogP) is 11.2. The molecule has 3 heterocycles. The smallest absolute Gasteiger partial charge is 0.146 e. The van der Waals surface area contributed by atoms with E-state index in [0.29, 0.717) is 0 Å². The number of hydrogen-bond acceptors (Lipinski definition) is 3. The largest absolute Gasteiger partial charge is 0.291 e. The Kier molecular flexibility index (Phi) is 5.37. The lowest BCUT2D eigenvalue weighted by atomic mass is 9.98. The Balaban J connectivity index is 1.32. The van der Waals surface area contributed by atoms with Crippen LogP contribution in [0.3, 0.4) is 0 Å². The Labute approximate surface area is 257 Å². The number of nitrogens with zero attached hydrogens (tertiary/aromatic N) is 3. The number of rotatable bonds is 4. The number of aromatic nitrogens is 3. The molecule has 0 atom stereocenters. The van der Waals surface area contributed by atoms with E-state index in [0.717, 1.165) is 59.9 Å². The number of hydrogen-bond donors (Lipinski definition) is 0. The lowest BCUT2D eigenvalue weighted by molar-refractivity contribution is 1.32. The molecule has 0 aliphatic carbocycles. The predicted molar refractivity (Wildman–Crippen MR) is 189 cm³/mol. The Morgan fingerprint density at radius 3 is 1.89 bits per heavy atom. The first kappa shape index (κ1) is 25.0. The molecule has 44 heavy (non-hydrogen) atoms. The fourth-order valence-corrected chi connectivity index (χ4v) is 7.65. The maximum Gasteiger partial charge on any atom is 0.146 e. The minimum atomic E-state index is 0.877. The molecule has 0 aliphatic heterocycles. The highest BCUT2D eigenvalue weighted by Crippen LogP contribution is 2.40. The lowest BCUT2D eigenvalue weighted by Crippen LogP contribution is -1.92. The van der Waals surface area contributed by atoms with Crippen molar-refractivity contribution < 1.29 is 0 Å². The summed E-state index contributed by atoms with van der Waals surface area (Å²) in [5.74, 6) is 0. The molecule has 206 valence electrons. The molecule has 0 saturated heterocycles. The number of imidazole rings is 1. The molecule has 0 spiro atoms. The van der Waals surface area contributed by atoms with Gasteiger partial charge in [-0.05, 0) is 51.6 Å². The van der Waals surface area contributed by atoms with Crippen LogP contribution in [-0.2, 0) is 0 Å². The zero-order valence-electron chi connectivity index (χ0n) is 23.8. The van der Waals surface area contributed by atoms with Crippen LogP contribution >= 0.6 is 11.3 Å². The van der Waals surface area contributed by atoms with Crippen LogP contribution in [-0.4, -0.2) is 14.4 Å². The second kappa shape index (κ2) is 9.46. The molecule has 0 unspecified atom stereocenters. The summed E-state index contributed by atoms with van der Waals surface area (Å²) in [5.41, 5.74) is 8.60. The molecule has 9 aromatic rings. The van der Waals surface area contributed by atoms with Crippen molar-refractivity contribution in [1.29, 1.82) is 0 Å². The van der Waals surface area contributed by atoms with Crippen molar-refractivity contribution in [2.24, 2.45) is 0 Å². The molecule has 0 amide bonds. The summed E-state index contributed by atoms with van der Waals surface area (Å²) in [7, 11) is 0. The van der Waals surface area contributed by atoms with Gasteiger partial charge in [0, 0.05) is 27.1 Å². The van der Waals surface area contributed by atoms with Gasteiger partial charge in [-0.1, -0.05) is 116 Å². The third-order valence-electron chi connectivity index (χ3n) is 8.75. The molecule has 0 bridgehead atoms. The van der Waals surface area contributed by atoms with E-state index in [1.54, 1.807) is 17.4 Å². The lowest BCUT2D eigenvalue weighted by Gasteiger charge is -2.12. The van der Waals surface area contributed by atoms with Crippen molar-refractivity contribution in [3.8, 4) is 21.7 Å². The molecule has 0 saturated carbocycles. The number of benzene rings is 6. The van der Waals surface area contributed by atoms with Gasteiger partial charge in [-0.15, -0.1) is 11.3 Å². The molecule has 0 radical (unpaired) electrons. The van der Waals surface area contributed by atoms with Gasteiger partial charge in [0.15, 0.2) is 0 Å². The van der Waals surface area contributed by atoms with Crippen molar-refractivity contribution in [2.45, 2.75) is 0 Å². The first-order valence-electron chi connectivity index (χ1n) is 14.7. The first-order valence-corrected chi connectivity index (χ1v) is 15.5. The van der Waals surface area contributed by atoms with E-state index in [4.69, 9.17) is 9.97 Å². The zero-order chi connectivity index (χ0) is 29.4. The van der Waals surface area contributed by atoms with E-state index in [1.165, 1.54) is 32.3 Å². The normalized spacial score (nSPS) is 11.8. The summed E-state index contributed by atoms with van der Waals surface area (Å²) < 4.78 is 2.38. The second-order valence-corrected chi connectivity index (χ2v) is 12.1. The highest BCUT2D eigenvalue weighted by molar-refractivity contribution is 7.16. The van der Waals surface area contributed by atoms with E-state index < -0.39 is 0 Å². The minimum absolute atomic E-state index is 0.877. The number of para-hydroxylation sites is 1. The first-order chi connectivity index (χ1) is 21.7. The summed E-state index contributed by atoms with van der Waals surface area (Å²) in [4.78, 5) is 11.2. The van der Waals surface area contributed by atoms with Gasteiger partial charge in [0.1, 0.15) is 10.7 Å². The average Bonchev–Trinajstić information content (AvgIpc) is 3.71. The topological polar surface area (TPSA) is 30.2 Å². The van der Waals surface area contributed by atoms with Gasteiger partial charge >= 0.3 is 0 Å². The Hall–Kier alpha value is -5.58. The molecular weight excluding hydrogens is 555 g/mol. The molecule has 0 N–H and O–H groups in total. The van der Waals surface area contributed by atoms with Crippen LogP contribution in [0.1, 0.15) is 10.6 Å². The van der Waals surface area contributed by atoms with Gasteiger partial charge in [0.2, 0.25) is 0 Å². The number of thiazole rings is 1. The summed E-state index contributed by atoms with van der Waals surface area (Å²) in [6.45, 7) is 7.82. The fourth-order valence-electron chi connectivity index (χ4n) is 6.73. The third-order valence-corrected chi connectivity index (χ3v) is 9.87. The van der Waals surface area contributed by atoms with Gasteiger partial charge in [-0.3, -0.25) is 4.40 Å². The van der Waals surface area contributed by atoms with Gasteiger partial charge in [0.05, 0.1) is 27.1 Å². The zero-order valence-corrected chi connectivity index (χ0v) is 24.6. The van der Waals surface area contributed by atoms with E-state index in [1.807, 2.05) is 6.08 Å². The van der Waals surface area contributed by atoms with E-state index >= 15 is 0 Å². The standard InChI is InChI=1S/C40H25N3S/c1-3-34-36(4-2)44-40(41-34)25-19-17-24(18-20-25)26-21-22-29-30-13-9-10-16-35(30)43-38-32-15-8-6-12-28(32)27-11-5-7-14-31(27)37(38)42-39(43)33(29)23-26/h3-23H,1-2H2. The molecular formula is C40H25N3S. The number of pyridine rings is 1. The van der Waals surface area contributed by atoms with Crippen LogP contribution in [0.15, 0.2) is 128 Å². The maximum atomic E-state index is 5.43.